The Morgan fingerprint density at radius 3 is 2.81 bits per heavy atom. The van der Waals surface area contributed by atoms with E-state index in [1.807, 2.05) is 18.2 Å². The van der Waals surface area contributed by atoms with Crippen molar-refractivity contribution >= 4 is 17.2 Å². The van der Waals surface area contributed by atoms with Crippen molar-refractivity contribution in [2.45, 2.75) is 13.5 Å². The molecule has 4 heteroatoms. The van der Waals surface area contributed by atoms with E-state index in [4.69, 9.17) is 22.7 Å². The molecular formula is C12H18N2OS. The lowest BCUT2D eigenvalue weighted by molar-refractivity contribution is 0.320. The van der Waals surface area contributed by atoms with Gasteiger partial charge < -0.3 is 10.5 Å². The van der Waals surface area contributed by atoms with E-state index in [2.05, 4.69) is 17.9 Å². The molecule has 16 heavy (non-hydrogen) atoms. The van der Waals surface area contributed by atoms with Crippen LogP contribution in [0.2, 0.25) is 0 Å². The molecule has 0 bridgehead atoms. The van der Waals surface area contributed by atoms with Crippen LogP contribution in [-0.2, 0) is 6.54 Å². The zero-order valence-electron chi connectivity index (χ0n) is 9.77. The molecule has 0 saturated heterocycles. The van der Waals surface area contributed by atoms with Gasteiger partial charge >= 0.3 is 0 Å². The number of nitrogens with two attached hydrogens (primary N) is 1. The Morgan fingerprint density at radius 2 is 2.25 bits per heavy atom. The second kappa shape index (κ2) is 6.45. The summed E-state index contributed by atoms with van der Waals surface area (Å²) in [7, 11) is 1.67. The summed E-state index contributed by atoms with van der Waals surface area (Å²) in [4.78, 5) is 2.72. The molecule has 1 aromatic rings. The predicted molar refractivity (Wildman–Crippen MR) is 70.7 cm³/mol. The molecule has 2 N–H and O–H groups in total. The zero-order chi connectivity index (χ0) is 12.0. The van der Waals surface area contributed by atoms with Gasteiger partial charge in [0.2, 0.25) is 0 Å². The van der Waals surface area contributed by atoms with Crippen molar-refractivity contribution in [3.8, 4) is 5.75 Å². The van der Waals surface area contributed by atoms with E-state index in [1.54, 1.807) is 7.11 Å². The molecular weight excluding hydrogens is 220 g/mol. The average Bonchev–Trinajstić information content (AvgIpc) is 2.28. The summed E-state index contributed by atoms with van der Waals surface area (Å²) in [6.07, 6.45) is 0. The van der Waals surface area contributed by atoms with E-state index >= 15 is 0 Å². The summed E-state index contributed by atoms with van der Waals surface area (Å²) in [5.74, 6) is 0.879. The predicted octanol–water partition coefficient (Wildman–Crippen LogP) is 1.80. The second-order valence-electron chi connectivity index (χ2n) is 3.62. The number of methoxy groups -OCH3 is 1. The maximum absolute atomic E-state index is 5.54. The summed E-state index contributed by atoms with van der Waals surface area (Å²) in [6, 6.07) is 8.03. The molecule has 0 aliphatic carbocycles. The van der Waals surface area contributed by atoms with Gasteiger partial charge in [0.25, 0.3) is 0 Å². The van der Waals surface area contributed by atoms with Crippen LogP contribution in [0.1, 0.15) is 12.5 Å². The lowest BCUT2D eigenvalue weighted by Gasteiger charge is -2.19. The first kappa shape index (κ1) is 12.9. The third-order valence-corrected chi connectivity index (χ3v) is 2.50. The van der Waals surface area contributed by atoms with Crippen molar-refractivity contribution in [2.24, 2.45) is 5.73 Å². The van der Waals surface area contributed by atoms with Crippen LogP contribution < -0.4 is 10.5 Å². The van der Waals surface area contributed by atoms with Gasteiger partial charge in [0, 0.05) is 13.1 Å². The first-order valence-electron chi connectivity index (χ1n) is 5.29. The molecule has 1 aromatic carbocycles. The number of likely N-dealkylation sites (N-methyl/N-ethyl adjacent to an activating group) is 1. The van der Waals surface area contributed by atoms with E-state index in [-0.39, 0.29) is 0 Å². The molecule has 0 atom stereocenters. The van der Waals surface area contributed by atoms with Gasteiger partial charge in [0.05, 0.1) is 12.1 Å². The minimum Gasteiger partial charge on any atom is -0.497 e. The standard InChI is InChI=1S/C12H18N2OS/c1-3-14(9-12(13)16)8-10-5-4-6-11(7-10)15-2/h4-7H,3,8-9H2,1-2H3,(H2,13,16). The quantitative estimate of drug-likeness (QED) is 0.767. The van der Waals surface area contributed by atoms with Crippen molar-refractivity contribution < 1.29 is 4.74 Å². The molecule has 1 rings (SSSR count). The number of thiocarbonyl (C=S) groups is 1. The molecule has 0 saturated carbocycles. The van der Waals surface area contributed by atoms with Crippen LogP contribution >= 0.6 is 12.2 Å². The third-order valence-electron chi connectivity index (χ3n) is 2.37. The van der Waals surface area contributed by atoms with Crippen LogP contribution in [0.3, 0.4) is 0 Å². The van der Waals surface area contributed by atoms with Gasteiger partial charge in [-0.1, -0.05) is 31.3 Å². The molecule has 0 unspecified atom stereocenters. The molecule has 0 aliphatic rings. The Labute approximate surface area is 102 Å². The topological polar surface area (TPSA) is 38.5 Å². The van der Waals surface area contributed by atoms with Crippen molar-refractivity contribution in [1.82, 2.24) is 4.90 Å². The maximum atomic E-state index is 5.54. The molecule has 0 fully saturated rings. The number of rotatable bonds is 6. The van der Waals surface area contributed by atoms with Crippen molar-refractivity contribution in [3.63, 3.8) is 0 Å². The summed E-state index contributed by atoms with van der Waals surface area (Å²) >= 11 is 4.91. The highest BCUT2D eigenvalue weighted by Gasteiger charge is 2.05. The Morgan fingerprint density at radius 1 is 1.50 bits per heavy atom. The normalized spacial score (nSPS) is 10.4. The molecule has 0 aromatic heterocycles. The van der Waals surface area contributed by atoms with Crippen LogP contribution in [0.4, 0.5) is 0 Å². The zero-order valence-corrected chi connectivity index (χ0v) is 10.6. The van der Waals surface area contributed by atoms with Gasteiger partial charge in [0.15, 0.2) is 0 Å². The molecule has 0 radical (unpaired) electrons. The summed E-state index contributed by atoms with van der Waals surface area (Å²) in [6.45, 7) is 4.51. The van der Waals surface area contributed by atoms with Crippen LogP contribution in [0.15, 0.2) is 24.3 Å². The molecule has 0 amide bonds. The van der Waals surface area contributed by atoms with Crippen LogP contribution in [0.5, 0.6) is 5.75 Å². The minimum atomic E-state index is 0.532. The van der Waals surface area contributed by atoms with Crippen LogP contribution in [-0.4, -0.2) is 30.1 Å². The monoisotopic (exact) mass is 238 g/mol. The average molecular weight is 238 g/mol. The van der Waals surface area contributed by atoms with Gasteiger partial charge in [-0.05, 0) is 24.2 Å². The Bertz CT molecular complexity index is 355. The van der Waals surface area contributed by atoms with E-state index in [1.165, 1.54) is 5.56 Å². The number of hydrogen-bond acceptors (Lipinski definition) is 3. The number of benzene rings is 1. The molecule has 0 heterocycles. The Hall–Kier alpha value is -1.13. The van der Waals surface area contributed by atoms with Crippen molar-refractivity contribution in [1.29, 1.82) is 0 Å². The third kappa shape index (κ3) is 4.16. The number of nitrogens with zero attached hydrogens (tertiary/aromatic N) is 1. The van der Waals surface area contributed by atoms with E-state index in [0.29, 0.717) is 11.5 Å². The molecule has 0 aliphatic heterocycles. The SMILES string of the molecule is CCN(CC(N)=S)Cc1cccc(OC)c1. The summed E-state index contributed by atoms with van der Waals surface area (Å²) < 4.78 is 5.18. The molecule has 3 nitrogen and oxygen atoms in total. The lowest BCUT2D eigenvalue weighted by Crippen LogP contribution is -2.32. The van der Waals surface area contributed by atoms with Gasteiger partial charge in [0.1, 0.15) is 5.75 Å². The number of hydrogen-bond donors (Lipinski definition) is 1. The fourth-order valence-electron chi connectivity index (χ4n) is 1.53. The Kier molecular flexibility index (Phi) is 5.22. The van der Waals surface area contributed by atoms with Crippen LogP contribution in [0.25, 0.3) is 0 Å². The highest BCUT2D eigenvalue weighted by Crippen LogP contribution is 2.14. The summed E-state index contributed by atoms with van der Waals surface area (Å²) in [5.41, 5.74) is 6.75. The number of ether oxygens (including phenoxy) is 1. The highest BCUT2D eigenvalue weighted by molar-refractivity contribution is 7.80. The van der Waals surface area contributed by atoms with Crippen molar-refractivity contribution in [2.75, 3.05) is 20.2 Å². The molecule has 88 valence electrons. The van der Waals surface area contributed by atoms with Crippen molar-refractivity contribution in [3.05, 3.63) is 29.8 Å². The highest BCUT2D eigenvalue weighted by atomic mass is 32.1. The van der Waals surface area contributed by atoms with E-state index in [0.717, 1.165) is 18.8 Å². The Balaban J connectivity index is 2.65. The first-order valence-corrected chi connectivity index (χ1v) is 5.70. The second-order valence-corrected chi connectivity index (χ2v) is 4.15. The molecule has 0 spiro atoms. The maximum Gasteiger partial charge on any atom is 0.119 e. The lowest BCUT2D eigenvalue weighted by atomic mass is 10.2. The minimum absolute atomic E-state index is 0.532. The van der Waals surface area contributed by atoms with Gasteiger partial charge in [-0.3, -0.25) is 4.90 Å². The van der Waals surface area contributed by atoms with Crippen LogP contribution in [0, 0.1) is 0 Å². The van der Waals surface area contributed by atoms with Gasteiger partial charge in [-0.15, -0.1) is 0 Å². The fourth-order valence-corrected chi connectivity index (χ4v) is 1.71. The van der Waals surface area contributed by atoms with Gasteiger partial charge in [-0.2, -0.15) is 0 Å². The largest absolute Gasteiger partial charge is 0.497 e. The first-order chi connectivity index (χ1) is 7.65. The van der Waals surface area contributed by atoms with E-state index < -0.39 is 0 Å². The van der Waals surface area contributed by atoms with Gasteiger partial charge in [-0.25, -0.2) is 0 Å². The summed E-state index contributed by atoms with van der Waals surface area (Å²) in [5, 5.41) is 0. The van der Waals surface area contributed by atoms with E-state index in [9.17, 15) is 0 Å². The fraction of sp³-hybridized carbons (Fsp3) is 0.417. The smallest absolute Gasteiger partial charge is 0.119 e.